The van der Waals surface area contributed by atoms with E-state index in [-0.39, 0.29) is 23.4 Å². The Balaban J connectivity index is 1.21. The summed E-state index contributed by atoms with van der Waals surface area (Å²) in [6.07, 6.45) is 0.826. The first-order valence-corrected chi connectivity index (χ1v) is 11.9. The zero-order chi connectivity index (χ0) is 24.3. The fourth-order valence-corrected chi connectivity index (χ4v) is 5.36. The summed E-state index contributed by atoms with van der Waals surface area (Å²) in [7, 11) is 1.59. The molecule has 6 rings (SSSR count). The van der Waals surface area contributed by atoms with E-state index in [1.165, 1.54) is 0 Å². The van der Waals surface area contributed by atoms with Crippen LogP contribution in [0.25, 0.3) is 10.9 Å². The van der Waals surface area contributed by atoms with Gasteiger partial charge in [0.1, 0.15) is 11.5 Å². The molecule has 0 aliphatic carbocycles. The molecular weight excluding hydrogens is 451 g/mol. The molecule has 0 atom stereocenters. The Hall–Kier alpha value is -3.73. The number of piperazine rings is 1. The summed E-state index contributed by atoms with van der Waals surface area (Å²) < 4.78 is 17.4. The second-order valence-electron chi connectivity index (χ2n) is 9.24. The summed E-state index contributed by atoms with van der Waals surface area (Å²) in [4.78, 5) is 35.0. The summed E-state index contributed by atoms with van der Waals surface area (Å²) in [5, 5.41) is 10.7. The van der Waals surface area contributed by atoms with Gasteiger partial charge in [-0.25, -0.2) is 18.9 Å². The quantitative estimate of drug-likeness (QED) is 0.597. The molecule has 1 aromatic carbocycles. The van der Waals surface area contributed by atoms with E-state index in [0.717, 1.165) is 56.0 Å². The number of anilines is 3. The Bertz CT molecular complexity index is 1360. The van der Waals surface area contributed by atoms with Gasteiger partial charge in [0.15, 0.2) is 5.82 Å². The molecule has 11 heteroatoms. The highest BCUT2D eigenvalue weighted by Gasteiger charge is 2.35. The molecule has 0 unspecified atom stereocenters. The molecule has 35 heavy (non-hydrogen) atoms. The maximum atomic E-state index is 15.6. The van der Waals surface area contributed by atoms with Crippen molar-refractivity contribution in [2.24, 2.45) is 0 Å². The molecule has 0 saturated carbocycles. The lowest BCUT2D eigenvalue weighted by Gasteiger charge is -2.37. The van der Waals surface area contributed by atoms with Crippen LogP contribution in [0.5, 0.6) is 0 Å². The van der Waals surface area contributed by atoms with Crippen molar-refractivity contribution in [3.63, 3.8) is 0 Å². The van der Waals surface area contributed by atoms with Gasteiger partial charge in [0.2, 0.25) is 0 Å². The zero-order valence-corrected chi connectivity index (χ0v) is 19.8. The van der Waals surface area contributed by atoms with Crippen molar-refractivity contribution in [2.45, 2.75) is 26.4 Å². The number of nitrogens with zero attached hydrogens (tertiary/aromatic N) is 6. The minimum Gasteiger partial charge on any atom is -0.368 e. The van der Waals surface area contributed by atoms with Crippen LogP contribution in [0, 0.1) is 12.7 Å². The van der Waals surface area contributed by atoms with E-state index >= 15 is 4.39 Å². The highest BCUT2D eigenvalue weighted by atomic mass is 19.1. The summed E-state index contributed by atoms with van der Waals surface area (Å²) in [6.45, 7) is 6.73. The standard InChI is InChI=1S/C24H27FN8O2/c1-14-18(5-4-16(27-14)22(34)26-2)31-10-8-30(9-11-31)13-15-12-17-19-21(20(15)25)28-24(35)32-6-3-7-33(29-17)23(19)32/h4-5,12H,3,6-11,13H2,1-2H3,(H,26,34)(H,28,35). The predicted octanol–water partition coefficient (Wildman–Crippen LogP) is 2.32. The number of urea groups is 1. The Kier molecular flexibility index (Phi) is 5.10. The van der Waals surface area contributed by atoms with Crippen LogP contribution in [0.3, 0.4) is 0 Å². The van der Waals surface area contributed by atoms with E-state index < -0.39 is 0 Å². The monoisotopic (exact) mass is 478 g/mol. The molecule has 1 fully saturated rings. The van der Waals surface area contributed by atoms with Gasteiger partial charge in [0.25, 0.3) is 5.91 Å². The maximum Gasteiger partial charge on any atom is 0.327 e. The molecule has 3 aromatic rings. The van der Waals surface area contributed by atoms with Crippen molar-refractivity contribution in [2.75, 3.05) is 54.9 Å². The molecule has 3 amide bonds. The van der Waals surface area contributed by atoms with Crippen molar-refractivity contribution < 1.29 is 14.0 Å². The van der Waals surface area contributed by atoms with Gasteiger partial charge >= 0.3 is 6.03 Å². The first kappa shape index (κ1) is 21.8. The van der Waals surface area contributed by atoms with Crippen LogP contribution in [0.1, 0.15) is 28.2 Å². The number of pyridine rings is 1. The minimum absolute atomic E-state index is 0.204. The smallest absolute Gasteiger partial charge is 0.327 e. The van der Waals surface area contributed by atoms with Crippen molar-refractivity contribution in [3.05, 3.63) is 41.0 Å². The van der Waals surface area contributed by atoms with Gasteiger partial charge in [0.05, 0.1) is 28.0 Å². The molecule has 2 aromatic heterocycles. The van der Waals surface area contributed by atoms with Crippen LogP contribution < -0.4 is 20.4 Å². The molecule has 3 aliphatic rings. The SMILES string of the molecule is CNC(=O)c1ccc(N2CCN(Cc3cc4nn5c6c4c(c3F)NC(=O)N6CCC5)CC2)c(C)n1. The number of carbonyl (C=O) groups excluding carboxylic acids is 2. The summed E-state index contributed by atoms with van der Waals surface area (Å²) in [6, 6.07) is 5.21. The summed E-state index contributed by atoms with van der Waals surface area (Å²) in [5.41, 5.74) is 3.72. The lowest BCUT2D eigenvalue weighted by atomic mass is 10.1. The molecule has 0 spiro atoms. The van der Waals surface area contributed by atoms with Crippen LogP contribution in [-0.4, -0.2) is 71.4 Å². The second-order valence-corrected chi connectivity index (χ2v) is 9.24. The van der Waals surface area contributed by atoms with E-state index in [4.69, 9.17) is 0 Å². The van der Waals surface area contributed by atoms with Crippen molar-refractivity contribution >= 4 is 40.0 Å². The lowest BCUT2D eigenvalue weighted by molar-refractivity contribution is 0.0958. The first-order valence-electron chi connectivity index (χ1n) is 11.9. The van der Waals surface area contributed by atoms with Gasteiger partial charge in [-0.05, 0) is 31.5 Å². The van der Waals surface area contributed by atoms with Crippen LogP contribution in [-0.2, 0) is 13.1 Å². The molecule has 3 aliphatic heterocycles. The van der Waals surface area contributed by atoms with Gasteiger partial charge in [0, 0.05) is 58.4 Å². The highest BCUT2D eigenvalue weighted by molar-refractivity contribution is 6.18. The Labute approximate surface area is 201 Å². The number of carbonyl (C=O) groups is 2. The van der Waals surface area contributed by atoms with Crippen molar-refractivity contribution in [1.82, 2.24) is 25.0 Å². The summed E-state index contributed by atoms with van der Waals surface area (Å²) >= 11 is 0. The fraction of sp³-hybridized carbons (Fsp3) is 0.417. The number of amides is 3. The van der Waals surface area contributed by atoms with Gasteiger partial charge in [-0.15, -0.1) is 0 Å². The van der Waals surface area contributed by atoms with Crippen LogP contribution >= 0.6 is 0 Å². The number of hydrogen-bond acceptors (Lipinski definition) is 6. The van der Waals surface area contributed by atoms with Crippen molar-refractivity contribution in [3.8, 4) is 0 Å². The third kappa shape index (κ3) is 3.49. The van der Waals surface area contributed by atoms with Crippen molar-refractivity contribution in [1.29, 1.82) is 0 Å². The molecule has 1 saturated heterocycles. The van der Waals surface area contributed by atoms with Gasteiger partial charge < -0.3 is 15.5 Å². The van der Waals surface area contributed by atoms with Gasteiger partial charge in [-0.3, -0.25) is 14.6 Å². The average Bonchev–Trinajstić information content (AvgIpc) is 3.24. The third-order valence-corrected chi connectivity index (χ3v) is 7.12. The summed E-state index contributed by atoms with van der Waals surface area (Å²) in [5.74, 6) is 0.125. The van der Waals surface area contributed by atoms with Crippen LogP contribution in [0.4, 0.5) is 26.4 Å². The number of nitrogens with one attached hydrogen (secondary N) is 2. The number of benzene rings is 1. The molecule has 5 heterocycles. The molecular formula is C24H27FN8O2. The molecule has 182 valence electrons. The molecule has 0 bridgehead atoms. The van der Waals surface area contributed by atoms with E-state index in [1.807, 2.05) is 23.7 Å². The first-order chi connectivity index (χ1) is 16.9. The number of aryl methyl sites for hydroxylation is 2. The van der Waals surface area contributed by atoms with E-state index in [1.54, 1.807) is 18.0 Å². The maximum absolute atomic E-state index is 15.6. The van der Waals surface area contributed by atoms with E-state index in [2.05, 4.69) is 30.5 Å². The Morgan fingerprint density at radius 1 is 1.17 bits per heavy atom. The molecule has 2 N–H and O–H groups in total. The highest BCUT2D eigenvalue weighted by Crippen LogP contribution is 2.41. The molecule has 0 radical (unpaired) electrons. The van der Waals surface area contributed by atoms with Crippen LogP contribution in [0.2, 0.25) is 0 Å². The van der Waals surface area contributed by atoms with Gasteiger partial charge in [-0.2, -0.15) is 5.10 Å². The zero-order valence-electron chi connectivity index (χ0n) is 19.8. The van der Waals surface area contributed by atoms with E-state index in [9.17, 15) is 9.59 Å². The fourth-order valence-electron chi connectivity index (χ4n) is 5.36. The Morgan fingerprint density at radius 2 is 1.97 bits per heavy atom. The number of rotatable bonds is 4. The third-order valence-electron chi connectivity index (χ3n) is 7.12. The Morgan fingerprint density at radius 3 is 2.71 bits per heavy atom. The molecule has 10 nitrogen and oxygen atoms in total. The minimum atomic E-state index is -0.376. The second kappa shape index (κ2) is 8.19. The average molecular weight is 479 g/mol. The number of hydrogen-bond donors (Lipinski definition) is 2. The normalized spacial score (nSPS) is 17.6. The van der Waals surface area contributed by atoms with Gasteiger partial charge in [-0.1, -0.05) is 0 Å². The number of aromatic nitrogens is 3. The lowest BCUT2D eigenvalue weighted by Crippen LogP contribution is -2.46. The van der Waals surface area contributed by atoms with E-state index in [0.29, 0.717) is 35.6 Å². The largest absolute Gasteiger partial charge is 0.368 e. The van der Waals surface area contributed by atoms with Crippen LogP contribution in [0.15, 0.2) is 18.2 Å². The predicted molar refractivity (Wildman–Crippen MR) is 131 cm³/mol. The number of halogens is 1. The topological polar surface area (TPSA) is 98.6 Å².